The van der Waals surface area contributed by atoms with Crippen molar-refractivity contribution in [1.82, 2.24) is 5.32 Å². The average molecular weight is 278 g/mol. The predicted molar refractivity (Wildman–Crippen MR) is 83.0 cm³/mol. The van der Waals surface area contributed by atoms with Gasteiger partial charge in [0, 0.05) is 11.1 Å². The van der Waals surface area contributed by atoms with E-state index in [0.29, 0.717) is 29.5 Å². The molecule has 0 aromatic heterocycles. The molecule has 20 heavy (non-hydrogen) atoms. The lowest BCUT2D eigenvalue weighted by Gasteiger charge is -2.21. The summed E-state index contributed by atoms with van der Waals surface area (Å²) in [5.41, 5.74) is 6.73. The molecule has 0 aliphatic rings. The second-order valence-electron chi connectivity index (χ2n) is 6.49. The quantitative estimate of drug-likeness (QED) is 0.813. The third kappa shape index (κ3) is 5.51. The summed E-state index contributed by atoms with van der Waals surface area (Å²) in [6, 6.07) is 5.13. The molecule has 0 atom stereocenters. The Morgan fingerprint density at radius 3 is 2.55 bits per heavy atom. The highest BCUT2D eigenvalue weighted by Gasteiger charge is 2.16. The van der Waals surface area contributed by atoms with E-state index in [-0.39, 0.29) is 11.4 Å². The van der Waals surface area contributed by atoms with E-state index in [1.807, 2.05) is 20.8 Å². The van der Waals surface area contributed by atoms with Crippen LogP contribution in [0, 0.1) is 5.92 Å². The molecule has 112 valence electrons. The van der Waals surface area contributed by atoms with Crippen LogP contribution in [0.15, 0.2) is 18.2 Å². The summed E-state index contributed by atoms with van der Waals surface area (Å²) in [5.74, 6) is 1.03. The molecule has 0 heterocycles. The molecule has 0 radical (unpaired) electrons. The molecule has 0 fully saturated rings. The van der Waals surface area contributed by atoms with Crippen molar-refractivity contribution in [2.24, 2.45) is 5.92 Å². The van der Waals surface area contributed by atoms with E-state index in [4.69, 9.17) is 10.5 Å². The van der Waals surface area contributed by atoms with Crippen molar-refractivity contribution in [3.05, 3.63) is 23.8 Å². The zero-order chi connectivity index (χ0) is 15.3. The van der Waals surface area contributed by atoms with Crippen LogP contribution in [0.4, 0.5) is 5.69 Å². The molecule has 1 rings (SSSR count). The maximum absolute atomic E-state index is 12.1. The highest BCUT2D eigenvalue weighted by Crippen LogP contribution is 2.23. The zero-order valence-corrected chi connectivity index (χ0v) is 13.1. The van der Waals surface area contributed by atoms with Gasteiger partial charge in [-0.3, -0.25) is 4.79 Å². The first-order valence-corrected chi connectivity index (χ1v) is 7.04. The molecule has 0 spiro atoms. The average Bonchev–Trinajstić information content (AvgIpc) is 2.28. The number of nitrogen functional groups attached to an aromatic ring is 1. The van der Waals surface area contributed by atoms with Crippen LogP contribution in [0.3, 0.4) is 0 Å². The Morgan fingerprint density at radius 1 is 1.35 bits per heavy atom. The van der Waals surface area contributed by atoms with Crippen LogP contribution in [0.1, 0.15) is 51.4 Å². The van der Waals surface area contributed by atoms with Gasteiger partial charge in [-0.1, -0.05) is 13.8 Å². The molecule has 1 aromatic carbocycles. The Hall–Kier alpha value is -1.71. The van der Waals surface area contributed by atoms with E-state index < -0.39 is 0 Å². The van der Waals surface area contributed by atoms with Crippen molar-refractivity contribution in [2.45, 2.75) is 46.6 Å². The number of anilines is 1. The number of carbonyl (C=O) groups is 1. The van der Waals surface area contributed by atoms with E-state index in [0.717, 1.165) is 6.42 Å². The Morgan fingerprint density at radius 2 is 2.00 bits per heavy atom. The molecule has 0 aliphatic carbocycles. The third-order valence-corrected chi connectivity index (χ3v) is 2.72. The Labute approximate surface area is 121 Å². The number of carbonyl (C=O) groups excluding carboxylic acids is 1. The topological polar surface area (TPSA) is 64.3 Å². The van der Waals surface area contributed by atoms with Gasteiger partial charge in [0.1, 0.15) is 5.75 Å². The number of rotatable bonds is 5. The van der Waals surface area contributed by atoms with E-state index in [1.165, 1.54) is 0 Å². The van der Waals surface area contributed by atoms with Gasteiger partial charge in [-0.05, 0) is 51.3 Å². The van der Waals surface area contributed by atoms with Crippen LogP contribution in [0.25, 0.3) is 0 Å². The lowest BCUT2D eigenvalue weighted by atomic mass is 10.1. The van der Waals surface area contributed by atoms with Crippen LogP contribution < -0.4 is 15.8 Å². The van der Waals surface area contributed by atoms with E-state index in [1.54, 1.807) is 18.2 Å². The van der Waals surface area contributed by atoms with Crippen LogP contribution in [0.5, 0.6) is 5.75 Å². The van der Waals surface area contributed by atoms with E-state index in [9.17, 15) is 4.79 Å². The number of nitrogens with one attached hydrogen (secondary N) is 1. The Balaban J connectivity index is 2.77. The highest BCUT2D eigenvalue weighted by molar-refractivity contribution is 5.95. The Bertz CT molecular complexity index is 462. The molecule has 0 aliphatic heterocycles. The van der Waals surface area contributed by atoms with Gasteiger partial charge in [0.2, 0.25) is 0 Å². The molecule has 0 saturated heterocycles. The molecule has 4 nitrogen and oxygen atoms in total. The Kier molecular flexibility index (Phi) is 5.43. The highest BCUT2D eigenvalue weighted by atomic mass is 16.5. The second kappa shape index (κ2) is 6.64. The van der Waals surface area contributed by atoms with E-state index >= 15 is 0 Å². The summed E-state index contributed by atoms with van der Waals surface area (Å²) in [6.45, 7) is 10.7. The summed E-state index contributed by atoms with van der Waals surface area (Å²) < 4.78 is 5.66. The molecule has 0 saturated carbocycles. The van der Waals surface area contributed by atoms with Crippen molar-refractivity contribution in [2.75, 3.05) is 12.3 Å². The van der Waals surface area contributed by atoms with Gasteiger partial charge in [0.05, 0.1) is 12.3 Å². The van der Waals surface area contributed by atoms with Gasteiger partial charge in [0.25, 0.3) is 5.91 Å². The smallest absolute Gasteiger partial charge is 0.251 e. The lowest BCUT2D eigenvalue weighted by molar-refractivity contribution is 0.0919. The molecular weight excluding hydrogens is 252 g/mol. The normalized spacial score (nSPS) is 11.5. The standard InChI is InChI=1S/C16H26N2O2/c1-11(2)8-9-20-14-10-12(6-7-13(14)17)15(19)18-16(3,4)5/h6-7,10-11H,8-9,17H2,1-5H3,(H,18,19). The minimum atomic E-state index is -0.267. The number of hydrogen-bond donors (Lipinski definition) is 2. The third-order valence-electron chi connectivity index (χ3n) is 2.72. The first kappa shape index (κ1) is 16.3. The molecule has 0 unspecified atom stereocenters. The van der Waals surface area contributed by atoms with Crippen LogP contribution in [-0.2, 0) is 0 Å². The molecule has 0 bridgehead atoms. The summed E-state index contributed by atoms with van der Waals surface area (Å²) in [6.07, 6.45) is 0.956. The fraction of sp³-hybridized carbons (Fsp3) is 0.562. The van der Waals surface area contributed by atoms with Crippen molar-refractivity contribution >= 4 is 11.6 Å². The minimum absolute atomic E-state index is 0.119. The van der Waals surface area contributed by atoms with Gasteiger partial charge in [-0.25, -0.2) is 0 Å². The summed E-state index contributed by atoms with van der Waals surface area (Å²) in [4.78, 5) is 12.1. The van der Waals surface area contributed by atoms with E-state index in [2.05, 4.69) is 19.2 Å². The number of ether oxygens (including phenoxy) is 1. The van der Waals surface area contributed by atoms with Gasteiger partial charge >= 0.3 is 0 Å². The van der Waals surface area contributed by atoms with Crippen LogP contribution >= 0.6 is 0 Å². The summed E-state index contributed by atoms with van der Waals surface area (Å²) >= 11 is 0. The minimum Gasteiger partial charge on any atom is -0.491 e. The second-order valence-corrected chi connectivity index (χ2v) is 6.49. The maximum atomic E-state index is 12.1. The largest absolute Gasteiger partial charge is 0.491 e. The fourth-order valence-electron chi connectivity index (χ4n) is 1.62. The molecule has 1 amide bonds. The molecular formula is C16H26N2O2. The first-order valence-electron chi connectivity index (χ1n) is 7.04. The van der Waals surface area contributed by atoms with Crippen molar-refractivity contribution in [3.8, 4) is 5.75 Å². The number of benzene rings is 1. The monoisotopic (exact) mass is 278 g/mol. The number of nitrogens with two attached hydrogens (primary N) is 1. The fourth-order valence-corrected chi connectivity index (χ4v) is 1.62. The molecule has 3 N–H and O–H groups in total. The predicted octanol–water partition coefficient (Wildman–Crippen LogP) is 3.22. The zero-order valence-electron chi connectivity index (χ0n) is 13.1. The van der Waals surface area contributed by atoms with Crippen molar-refractivity contribution in [3.63, 3.8) is 0 Å². The van der Waals surface area contributed by atoms with Gasteiger partial charge in [-0.15, -0.1) is 0 Å². The van der Waals surface area contributed by atoms with Gasteiger partial charge < -0.3 is 15.8 Å². The maximum Gasteiger partial charge on any atom is 0.251 e. The van der Waals surface area contributed by atoms with Crippen LogP contribution in [0.2, 0.25) is 0 Å². The number of amides is 1. The first-order chi connectivity index (χ1) is 9.19. The summed E-state index contributed by atoms with van der Waals surface area (Å²) in [5, 5.41) is 2.92. The van der Waals surface area contributed by atoms with Crippen molar-refractivity contribution < 1.29 is 9.53 Å². The summed E-state index contributed by atoms with van der Waals surface area (Å²) in [7, 11) is 0. The SMILES string of the molecule is CC(C)CCOc1cc(C(=O)NC(C)(C)C)ccc1N. The molecule has 1 aromatic rings. The van der Waals surface area contributed by atoms with Crippen molar-refractivity contribution in [1.29, 1.82) is 0 Å². The van der Waals surface area contributed by atoms with Gasteiger partial charge in [0.15, 0.2) is 0 Å². The lowest BCUT2D eigenvalue weighted by Crippen LogP contribution is -2.40. The van der Waals surface area contributed by atoms with Gasteiger partial charge in [-0.2, -0.15) is 0 Å². The molecule has 4 heteroatoms. The van der Waals surface area contributed by atoms with Crippen LogP contribution in [-0.4, -0.2) is 18.1 Å². The number of hydrogen-bond acceptors (Lipinski definition) is 3.